The lowest BCUT2D eigenvalue weighted by Crippen LogP contribution is -2.12. The number of rotatable bonds is 5. The zero-order valence-corrected chi connectivity index (χ0v) is 25.8. The van der Waals surface area contributed by atoms with Crippen LogP contribution < -0.4 is 4.90 Å². The number of nitrogens with zero attached hydrogens (tertiary/aromatic N) is 1. The molecule has 1 heteroatoms. The van der Waals surface area contributed by atoms with Gasteiger partial charge in [-0.2, -0.15) is 0 Å². The zero-order valence-electron chi connectivity index (χ0n) is 25.8. The van der Waals surface area contributed by atoms with Gasteiger partial charge in [-0.3, -0.25) is 0 Å². The maximum absolute atomic E-state index is 2.47. The molecule has 0 aliphatic carbocycles. The molecule has 9 aromatic carbocycles. The summed E-state index contributed by atoms with van der Waals surface area (Å²) in [6.45, 7) is 0. The van der Waals surface area contributed by atoms with Gasteiger partial charge in [0.1, 0.15) is 0 Å². The maximum Gasteiger partial charge on any atom is 0.0624 e. The fourth-order valence-electron chi connectivity index (χ4n) is 7.15. The first-order valence-electron chi connectivity index (χ1n) is 16.2. The molecule has 0 unspecified atom stereocenters. The predicted molar refractivity (Wildman–Crippen MR) is 202 cm³/mol. The second-order valence-electron chi connectivity index (χ2n) is 12.2. The lowest BCUT2D eigenvalue weighted by molar-refractivity contribution is 1.31. The fraction of sp³-hybridized carbons (Fsp3) is 0. The first kappa shape index (κ1) is 27.2. The molecule has 0 atom stereocenters. The van der Waals surface area contributed by atoms with Gasteiger partial charge in [0.05, 0.1) is 5.69 Å². The molecular formula is C46H31N. The van der Waals surface area contributed by atoms with E-state index in [4.69, 9.17) is 0 Å². The minimum atomic E-state index is 1.11. The topological polar surface area (TPSA) is 3.24 Å². The number of fused-ring (bicyclic) bond motifs is 5. The third-order valence-electron chi connectivity index (χ3n) is 9.39. The van der Waals surface area contributed by atoms with E-state index in [1.807, 2.05) is 0 Å². The van der Waals surface area contributed by atoms with Gasteiger partial charge in [-0.05, 0) is 84.7 Å². The summed E-state index contributed by atoms with van der Waals surface area (Å²) >= 11 is 0. The van der Waals surface area contributed by atoms with Crippen molar-refractivity contribution in [1.82, 2.24) is 0 Å². The van der Waals surface area contributed by atoms with E-state index in [0.29, 0.717) is 0 Å². The Morgan fingerprint density at radius 2 is 0.766 bits per heavy atom. The van der Waals surface area contributed by atoms with Crippen molar-refractivity contribution >= 4 is 60.2 Å². The van der Waals surface area contributed by atoms with Gasteiger partial charge in [0, 0.05) is 22.3 Å². The summed E-state index contributed by atoms with van der Waals surface area (Å²) in [5.41, 5.74) is 8.26. The number of anilines is 3. The van der Waals surface area contributed by atoms with Crippen LogP contribution in [0.1, 0.15) is 0 Å². The smallest absolute Gasteiger partial charge is 0.0624 e. The molecule has 0 bridgehead atoms. The van der Waals surface area contributed by atoms with Crippen LogP contribution in [0.25, 0.3) is 65.3 Å². The molecule has 0 saturated carbocycles. The van der Waals surface area contributed by atoms with E-state index in [2.05, 4.69) is 193 Å². The number of hydrogen-bond acceptors (Lipinski definition) is 1. The highest BCUT2D eigenvalue weighted by molar-refractivity contribution is 6.22. The lowest BCUT2D eigenvalue weighted by atomic mass is 9.90. The van der Waals surface area contributed by atoms with Gasteiger partial charge in [0.2, 0.25) is 0 Å². The molecule has 0 heterocycles. The fourth-order valence-corrected chi connectivity index (χ4v) is 7.15. The van der Waals surface area contributed by atoms with Crippen LogP contribution in [-0.2, 0) is 0 Å². The van der Waals surface area contributed by atoms with Crippen molar-refractivity contribution in [2.75, 3.05) is 4.90 Å². The van der Waals surface area contributed by atoms with Crippen molar-refractivity contribution in [2.45, 2.75) is 0 Å². The standard InChI is InChI=1S/C46H31N/c1-2-14-35(15-3-1)45-43-20-10-8-18-41(43)42-19-9-11-21-44(42)46(45)47(40-29-26-33-13-5-7-17-37(33)31-40)39-27-24-34(25-28-39)38-23-22-32-12-4-6-16-36(32)30-38/h1-31H. The van der Waals surface area contributed by atoms with Crippen molar-refractivity contribution in [3.63, 3.8) is 0 Å². The van der Waals surface area contributed by atoms with Crippen LogP contribution in [0.15, 0.2) is 188 Å². The van der Waals surface area contributed by atoms with E-state index in [0.717, 1.165) is 11.4 Å². The van der Waals surface area contributed by atoms with Gasteiger partial charge in [0.15, 0.2) is 0 Å². The molecule has 0 aliphatic rings. The molecule has 0 aromatic heterocycles. The van der Waals surface area contributed by atoms with E-state index in [-0.39, 0.29) is 0 Å². The first-order chi connectivity index (χ1) is 23.3. The van der Waals surface area contributed by atoms with Crippen LogP contribution in [0.4, 0.5) is 17.1 Å². The highest BCUT2D eigenvalue weighted by Gasteiger charge is 2.23. The van der Waals surface area contributed by atoms with Gasteiger partial charge in [-0.1, -0.05) is 158 Å². The molecule has 0 radical (unpaired) electrons. The molecule has 0 spiro atoms. The van der Waals surface area contributed by atoms with Gasteiger partial charge in [-0.25, -0.2) is 0 Å². The van der Waals surface area contributed by atoms with Crippen molar-refractivity contribution in [3.05, 3.63) is 188 Å². The minimum Gasteiger partial charge on any atom is -0.309 e. The summed E-state index contributed by atoms with van der Waals surface area (Å²) in [6.07, 6.45) is 0. The van der Waals surface area contributed by atoms with Crippen LogP contribution in [-0.4, -0.2) is 0 Å². The van der Waals surface area contributed by atoms with Gasteiger partial charge in [0.25, 0.3) is 0 Å². The Morgan fingerprint density at radius 3 is 1.47 bits per heavy atom. The molecule has 0 amide bonds. The molecule has 9 rings (SSSR count). The summed E-state index contributed by atoms with van der Waals surface area (Å²) in [5.74, 6) is 0. The third kappa shape index (κ3) is 4.72. The minimum absolute atomic E-state index is 1.11. The SMILES string of the molecule is c1ccc(-c2c(N(c3ccc(-c4ccc5ccccc5c4)cc3)c3ccc4ccccc4c3)c3ccccc3c3ccccc23)cc1. The molecule has 0 fully saturated rings. The Bertz CT molecular complexity index is 2560. The number of hydrogen-bond donors (Lipinski definition) is 0. The average molecular weight is 598 g/mol. The van der Waals surface area contributed by atoms with Crippen LogP contribution >= 0.6 is 0 Å². The molecule has 0 saturated heterocycles. The molecule has 1 nitrogen and oxygen atoms in total. The Kier molecular flexibility index (Phi) is 6.54. The summed E-state index contributed by atoms with van der Waals surface area (Å²) < 4.78 is 0. The van der Waals surface area contributed by atoms with E-state index < -0.39 is 0 Å². The van der Waals surface area contributed by atoms with Crippen molar-refractivity contribution in [1.29, 1.82) is 0 Å². The normalized spacial score (nSPS) is 11.4. The predicted octanol–water partition coefficient (Wildman–Crippen LogP) is 13.1. The van der Waals surface area contributed by atoms with Gasteiger partial charge >= 0.3 is 0 Å². The van der Waals surface area contributed by atoms with E-state index in [1.165, 1.54) is 71.0 Å². The van der Waals surface area contributed by atoms with Crippen LogP contribution in [0.2, 0.25) is 0 Å². The molecule has 0 N–H and O–H groups in total. The highest BCUT2D eigenvalue weighted by atomic mass is 15.1. The molecule has 47 heavy (non-hydrogen) atoms. The first-order valence-corrected chi connectivity index (χ1v) is 16.2. The van der Waals surface area contributed by atoms with Crippen molar-refractivity contribution < 1.29 is 0 Å². The second-order valence-corrected chi connectivity index (χ2v) is 12.2. The monoisotopic (exact) mass is 597 g/mol. The molecule has 9 aromatic rings. The molecule has 220 valence electrons. The van der Waals surface area contributed by atoms with Crippen LogP contribution in [0, 0.1) is 0 Å². The summed E-state index contributed by atoms with van der Waals surface area (Å²) in [7, 11) is 0. The lowest BCUT2D eigenvalue weighted by Gasteiger charge is -2.31. The Morgan fingerprint density at radius 1 is 0.277 bits per heavy atom. The third-order valence-corrected chi connectivity index (χ3v) is 9.39. The summed E-state index contributed by atoms with van der Waals surface area (Å²) in [4.78, 5) is 2.47. The quantitative estimate of drug-likeness (QED) is 0.178. The van der Waals surface area contributed by atoms with Crippen LogP contribution in [0.5, 0.6) is 0 Å². The van der Waals surface area contributed by atoms with E-state index in [9.17, 15) is 0 Å². The largest absolute Gasteiger partial charge is 0.309 e. The van der Waals surface area contributed by atoms with E-state index in [1.54, 1.807) is 0 Å². The zero-order chi connectivity index (χ0) is 31.2. The highest BCUT2D eigenvalue weighted by Crippen LogP contribution is 2.49. The second kappa shape index (κ2) is 11.3. The van der Waals surface area contributed by atoms with Gasteiger partial charge < -0.3 is 4.90 Å². The Balaban J connectivity index is 1.33. The summed E-state index contributed by atoms with van der Waals surface area (Å²) in [6, 6.07) is 68.4. The van der Waals surface area contributed by atoms with Crippen molar-refractivity contribution in [2.24, 2.45) is 0 Å². The maximum atomic E-state index is 2.47. The van der Waals surface area contributed by atoms with Gasteiger partial charge in [-0.15, -0.1) is 0 Å². The Labute approximate surface area is 274 Å². The Hall–Kier alpha value is -6.18. The van der Waals surface area contributed by atoms with Crippen molar-refractivity contribution in [3.8, 4) is 22.3 Å². The summed E-state index contributed by atoms with van der Waals surface area (Å²) in [5, 5.41) is 9.92. The van der Waals surface area contributed by atoms with E-state index >= 15 is 0 Å². The molecular weight excluding hydrogens is 567 g/mol. The molecule has 0 aliphatic heterocycles. The van der Waals surface area contributed by atoms with Crippen LogP contribution in [0.3, 0.4) is 0 Å². The number of benzene rings is 9. The average Bonchev–Trinajstić information content (AvgIpc) is 3.15.